The number of fused-ring (bicyclic) bond motifs is 1. The molecule has 0 aliphatic heterocycles. The van der Waals surface area contributed by atoms with E-state index in [0.29, 0.717) is 29.5 Å². The zero-order valence-electron chi connectivity index (χ0n) is 22.0. The molecule has 8 nitrogen and oxygen atoms in total. The van der Waals surface area contributed by atoms with Gasteiger partial charge in [-0.05, 0) is 75.4 Å². The number of benzene rings is 3. The molecular formula is C29H29N5O3S2. The first-order chi connectivity index (χ1) is 18.8. The van der Waals surface area contributed by atoms with Gasteiger partial charge in [0.25, 0.3) is 15.9 Å². The fraction of sp³-hybridized carbons (Fsp3) is 0.207. The minimum absolute atomic E-state index is 0.124. The van der Waals surface area contributed by atoms with Gasteiger partial charge in [-0.1, -0.05) is 41.7 Å². The number of aromatic nitrogens is 3. The minimum atomic E-state index is -3.80. The molecule has 5 aromatic rings. The molecule has 2 heterocycles. The largest absolute Gasteiger partial charge is 0.282 e. The Labute approximate surface area is 232 Å². The molecule has 0 fully saturated rings. The number of amides is 1. The van der Waals surface area contributed by atoms with E-state index in [4.69, 9.17) is 4.98 Å². The summed E-state index contributed by atoms with van der Waals surface area (Å²) >= 11 is 1.45. The Morgan fingerprint density at radius 3 is 2.28 bits per heavy atom. The molecule has 0 bridgehead atoms. The Morgan fingerprint density at radius 2 is 1.64 bits per heavy atom. The van der Waals surface area contributed by atoms with Crippen LogP contribution in [-0.4, -0.2) is 42.2 Å². The van der Waals surface area contributed by atoms with Crippen LogP contribution in [0.4, 0.5) is 10.8 Å². The third-order valence-corrected chi connectivity index (χ3v) is 9.39. The predicted octanol–water partition coefficient (Wildman–Crippen LogP) is 5.67. The lowest BCUT2D eigenvalue weighted by Gasteiger charge is -2.23. The van der Waals surface area contributed by atoms with Crippen LogP contribution in [0.1, 0.15) is 28.7 Å². The number of para-hydroxylation sites is 2. The zero-order chi connectivity index (χ0) is 27.6. The molecule has 0 saturated carbocycles. The van der Waals surface area contributed by atoms with Crippen molar-refractivity contribution >= 4 is 48.3 Å². The van der Waals surface area contributed by atoms with Crippen LogP contribution in [0.2, 0.25) is 0 Å². The van der Waals surface area contributed by atoms with Crippen LogP contribution in [0.5, 0.6) is 0 Å². The number of rotatable bonds is 9. The molecule has 0 aliphatic carbocycles. The molecule has 0 saturated heterocycles. The van der Waals surface area contributed by atoms with E-state index in [1.807, 2.05) is 54.9 Å². The van der Waals surface area contributed by atoms with E-state index < -0.39 is 10.0 Å². The van der Waals surface area contributed by atoms with Gasteiger partial charge in [0.2, 0.25) is 0 Å². The van der Waals surface area contributed by atoms with Gasteiger partial charge < -0.3 is 0 Å². The van der Waals surface area contributed by atoms with E-state index >= 15 is 0 Å². The van der Waals surface area contributed by atoms with Crippen LogP contribution in [-0.2, 0) is 16.6 Å². The molecule has 0 radical (unpaired) electrons. The summed E-state index contributed by atoms with van der Waals surface area (Å²) in [5.74, 6) is -0.255. The minimum Gasteiger partial charge on any atom is -0.282 e. The van der Waals surface area contributed by atoms with Crippen molar-refractivity contribution in [1.29, 1.82) is 0 Å². The number of aryl methyl sites for hydroxylation is 2. The molecular weight excluding hydrogens is 530 g/mol. The topological polar surface area (TPSA) is 88.4 Å². The number of sulfonamides is 1. The lowest BCUT2D eigenvalue weighted by atomic mass is 10.2. The van der Waals surface area contributed by atoms with E-state index in [-0.39, 0.29) is 17.3 Å². The normalized spacial score (nSPS) is 11.6. The Balaban J connectivity index is 1.45. The highest BCUT2D eigenvalue weighted by Gasteiger charge is 2.26. The first-order valence-electron chi connectivity index (χ1n) is 12.6. The zero-order valence-corrected chi connectivity index (χ0v) is 23.6. The maximum Gasteiger partial charge on any atom is 0.264 e. The van der Waals surface area contributed by atoms with Crippen molar-refractivity contribution < 1.29 is 13.2 Å². The molecule has 0 N–H and O–H groups in total. The second-order valence-electron chi connectivity index (χ2n) is 9.10. The number of hydrogen-bond donors (Lipinski definition) is 0. The van der Waals surface area contributed by atoms with Crippen LogP contribution in [0, 0.1) is 13.8 Å². The van der Waals surface area contributed by atoms with Crippen molar-refractivity contribution in [2.45, 2.75) is 32.2 Å². The molecule has 10 heteroatoms. The Kier molecular flexibility index (Phi) is 7.49. The SMILES string of the molecule is CCN(c1ccccc1)S(=O)(=O)c1ccc(C(=O)N(CCn2nc(C)cc2C)c2nc3ccccc3s2)cc1. The van der Waals surface area contributed by atoms with Gasteiger partial charge in [-0.25, -0.2) is 13.4 Å². The molecule has 0 spiro atoms. The van der Waals surface area contributed by atoms with Crippen molar-refractivity contribution in [3.05, 3.63) is 102 Å². The first-order valence-corrected chi connectivity index (χ1v) is 14.9. The van der Waals surface area contributed by atoms with Crippen LogP contribution >= 0.6 is 11.3 Å². The van der Waals surface area contributed by atoms with Gasteiger partial charge in [0.1, 0.15) is 0 Å². The van der Waals surface area contributed by atoms with Gasteiger partial charge in [0.15, 0.2) is 5.13 Å². The van der Waals surface area contributed by atoms with E-state index in [1.165, 1.54) is 27.8 Å². The molecule has 2 aromatic heterocycles. The summed E-state index contributed by atoms with van der Waals surface area (Å²) in [7, 11) is -3.80. The summed E-state index contributed by atoms with van der Waals surface area (Å²) in [5.41, 5.74) is 3.72. The fourth-order valence-corrected chi connectivity index (χ4v) is 6.96. The Hall–Kier alpha value is -4.02. The number of carbonyl (C=O) groups excluding carboxylic acids is 1. The number of anilines is 2. The molecule has 200 valence electrons. The van der Waals surface area contributed by atoms with Gasteiger partial charge in [-0.3, -0.25) is 18.7 Å². The van der Waals surface area contributed by atoms with E-state index in [9.17, 15) is 13.2 Å². The second kappa shape index (κ2) is 11.0. The highest BCUT2D eigenvalue weighted by molar-refractivity contribution is 7.92. The van der Waals surface area contributed by atoms with E-state index in [0.717, 1.165) is 21.6 Å². The van der Waals surface area contributed by atoms with E-state index in [2.05, 4.69) is 5.10 Å². The highest BCUT2D eigenvalue weighted by Crippen LogP contribution is 2.30. The quantitative estimate of drug-likeness (QED) is 0.232. The molecule has 0 aliphatic rings. The van der Waals surface area contributed by atoms with Crippen molar-refractivity contribution in [3.63, 3.8) is 0 Å². The van der Waals surface area contributed by atoms with Gasteiger partial charge >= 0.3 is 0 Å². The fourth-order valence-electron chi connectivity index (χ4n) is 4.49. The first kappa shape index (κ1) is 26.6. The Morgan fingerprint density at radius 1 is 0.949 bits per heavy atom. The second-order valence-corrected chi connectivity index (χ2v) is 12.0. The molecule has 1 amide bonds. The summed E-state index contributed by atoms with van der Waals surface area (Å²) in [6.07, 6.45) is 0. The maximum absolute atomic E-state index is 13.8. The van der Waals surface area contributed by atoms with Crippen molar-refractivity contribution in [2.75, 3.05) is 22.3 Å². The average molecular weight is 560 g/mol. The summed E-state index contributed by atoms with van der Waals surface area (Å²) in [5, 5.41) is 5.11. The summed E-state index contributed by atoms with van der Waals surface area (Å²) in [6.45, 7) is 6.85. The van der Waals surface area contributed by atoms with Crippen LogP contribution in [0.15, 0.2) is 89.8 Å². The highest BCUT2D eigenvalue weighted by atomic mass is 32.2. The third kappa shape index (κ3) is 5.43. The average Bonchev–Trinajstić information content (AvgIpc) is 3.51. The lowest BCUT2D eigenvalue weighted by molar-refractivity contribution is 0.0985. The number of hydrogen-bond acceptors (Lipinski definition) is 6. The van der Waals surface area contributed by atoms with Gasteiger partial charge in [-0.2, -0.15) is 5.10 Å². The van der Waals surface area contributed by atoms with Gasteiger partial charge in [0.05, 0.1) is 33.0 Å². The lowest BCUT2D eigenvalue weighted by Crippen LogP contribution is -2.34. The van der Waals surface area contributed by atoms with Crippen molar-refractivity contribution in [2.24, 2.45) is 0 Å². The van der Waals surface area contributed by atoms with Crippen LogP contribution < -0.4 is 9.21 Å². The summed E-state index contributed by atoms with van der Waals surface area (Å²) in [6, 6.07) is 24.9. The van der Waals surface area contributed by atoms with Gasteiger partial charge in [0, 0.05) is 24.3 Å². The third-order valence-electron chi connectivity index (χ3n) is 6.42. The maximum atomic E-state index is 13.8. The van der Waals surface area contributed by atoms with Crippen molar-refractivity contribution in [3.8, 4) is 0 Å². The smallest absolute Gasteiger partial charge is 0.264 e. The van der Waals surface area contributed by atoms with Gasteiger partial charge in [-0.15, -0.1) is 0 Å². The number of nitrogens with zero attached hydrogens (tertiary/aromatic N) is 5. The molecule has 3 aromatic carbocycles. The summed E-state index contributed by atoms with van der Waals surface area (Å²) < 4.78 is 31.0. The molecule has 39 heavy (non-hydrogen) atoms. The van der Waals surface area contributed by atoms with Crippen molar-refractivity contribution in [1.82, 2.24) is 14.8 Å². The Bertz CT molecular complexity index is 1680. The summed E-state index contributed by atoms with van der Waals surface area (Å²) in [4.78, 5) is 20.3. The van der Waals surface area contributed by atoms with E-state index in [1.54, 1.807) is 48.2 Å². The molecule has 0 atom stereocenters. The van der Waals surface area contributed by atoms with Crippen LogP contribution in [0.25, 0.3) is 10.2 Å². The standard InChI is InChI=1S/C29H29N5O3S2/c1-4-34(24-10-6-5-7-11-24)39(36,37)25-16-14-23(15-17-25)28(35)32(18-19-33-22(3)20-21(2)31-33)29-30-26-12-8-9-13-27(26)38-29/h5-17,20H,4,18-19H2,1-3H3. The monoisotopic (exact) mass is 559 g/mol. The number of thiazole rings is 1. The molecule has 5 rings (SSSR count). The predicted molar refractivity (Wildman–Crippen MR) is 156 cm³/mol. The molecule has 0 unspecified atom stereocenters. The number of carbonyl (C=O) groups is 1. The van der Waals surface area contributed by atoms with Crippen LogP contribution in [0.3, 0.4) is 0 Å².